The average Bonchev–Trinajstić information content (AvgIpc) is 2.61. The van der Waals surface area contributed by atoms with Crippen molar-refractivity contribution in [2.75, 3.05) is 6.54 Å². The number of hydrogen-bond donors (Lipinski definition) is 3. The van der Waals surface area contributed by atoms with Gasteiger partial charge in [0.15, 0.2) is 0 Å². The third-order valence-corrected chi connectivity index (χ3v) is 3.88. The molecule has 0 atom stereocenters. The Morgan fingerprint density at radius 3 is 2.00 bits per heavy atom. The molecule has 1 saturated carbocycles. The maximum Gasteiger partial charge on any atom is 0.329 e. The summed E-state index contributed by atoms with van der Waals surface area (Å²) in [5.74, 6) is -1.62. The van der Waals surface area contributed by atoms with E-state index in [-0.39, 0.29) is 17.9 Å². The molecule has 1 aliphatic carbocycles. The molecule has 0 bridgehead atoms. The molecule has 0 heterocycles. The number of nitrogens with one attached hydrogen (secondary N) is 2. The Morgan fingerprint density at radius 1 is 1.00 bits per heavy atom. The van der Waals surface area contributed by atoms with E-state index >= 15 is 0 Å². The minimum atomic E-state index is -1.18. The van der Waals surface area contributed by atoms with E-state index in [1.165, 1.54) is 0 Å². The predicted molar refractivity (Wildman–Crippen MR) is 83.3 cm³/mol. The SMILES string of the molecule is CC(C)(C)CC(=O)NCC(=O)NC1(C(=O)O)CCCCCC1. The Bertz CT molecular complexity index is 418. The van der Waals surface area contributed by atoms with Crippen molar-refractivity contribution in [3.63, 3.8) is 0 Å². The van der Waals surface area contributed by atoms with Gasteiger partial charge in [0.25, 0.3) is 0 Å². The summed E-state index contributed by atoms with van der Waals surface area (Å²) in [6.07, 6.45) is 4.80. The van der Waals surface area contributed by atoms with Gasteiger partial charge < -0.3 is 15.7 Å². The Labute approximate surface area is 132 Å². The number of aliphatic carboxylic acids is 1. The van der Waals surface area contributed by atoms with Crippen LogP contribution in [0.5, 0.6) is 0 Å². The van der Waals surface area contributed by atoms with E-state index in [0.29, 0.717) is 19.3 Å². The second-order valence-corrected chi connectivity index (χ2v) is 7.36. The van der Waals surface area contributed by atoms with Crippen LogP contribution in [0, 0.1) is 5.41 Å². The first-order valence-corrected chi connectivity index (χ1v) is 7.96. The van der Waals surface area contributed by atoms with E-state index < -0.39 is 17.4 Å². The van der Waals surface area contributed by atoms with E-state index in [9.17, 15) is 19.5 Å². The Balaban J connectivity index is 2.54. The van der Waals surface area contributed by atoms with E-state index in [2.05, 4.69) is 10.6 Å². The normalized spacial score (nSPS) is 18.1. The van der Waals surface area contributed by atoms with Crippen molar-refractivity contribution in [1.82, 2.24) is 10.6 Å². The molecule has 126 valence electrons. The highest BCUT2D eigenvalue weighted by atomic mass is 16.4. The number of amides is 2. The summed E-state index contributed by atoms with van der Waals surface area (Å²) in [5, 5.41) is 14.7. The number of carbonyl (C=O) groups excluding carboxylic acids is 2. The number of hydrogen-bond acceptors (Lipinski definition) is 3. The smallest absolute Gasteiger partial charge is 0.329 e. The largest absolute Gasteiger partial charge is 0.480 e. The molecule has 0 radical (unpaired) electrons. The topological polar surface area (TPSA) is 95.5 Å². The number of carboxylic acids is 1. The summed E-state index contributed by atoms with van der Waals surface area (Å²) in [4.78, 5) is 35.3. The molecule has 1 rings (SSSR count). The lowest BCUT2D eigenvalue weighted by Gasteiger charge is -2.29. The Hall–Kier alpha value is -1.59. The van der Waals surface area contributed by atoms with Gasteiger partial charge in [0.2, 0.25) is 11.8 Å². The summed E-state index contributed by atoms with van der Waals surface area (Å²) in [6.45, 7) is 5.65. The van der Waals surface area contributed by atoms with Gasteiger partial charge in [-0.2, -0.15) is 0 Å². The molecule has 0 spiro atoms. The van der Waals surface area contributed by atoms with Gasteiger partial charge in [0.05, 0.1) is 6.54 Å². The van der Waals surface area contributed by atoms with Gasteiger partial charge in [-0.25, -0.2) is 4.79 Å². The molecule has 1 aliphatic rings. The van der Waals surface area contributed by atoms with Crippen molar-refractivity contribution in [1.29, 1.82) is 0 Å². The summed E-state index contributed by atoms with van der Waals surface area (Å²) < 4.78 is 0. The highest BCUT2D eigenvalue weighted by molar-refractivity contribution is 5.90. The molecule has 0 saturated heterocycles. The van der Waals surface area contributed by atoms with Crippen molar-refractivity contribution in [2.24, 2.45) is 5.41 Å². The fraction of sp³-hybridized carbons (Fsp3) is 0.812. The van der Waals surface area contributed by atoms with Crippen LogP contribution in [0.4, 0.5) is 0 Å². The van der Waals surface area contributed by atoms with Gasteiger partial charge in [0.1, 0.15) is 5.54 Å². The minimum Gasteiger partial charge on any atom is -0.480 e. The second kappa shape index (κ2) is 7.61. The third kappa shape index (κ3) is 6.03. The van der Waals surface area contributed by atoms with Crippen LogP contribution in [-0.4, -0.2) is 35.0 Å². The van der Waals surface area contributed by atoms with Crippen LogP contribution in [-0.2, 0) is 14.4 Å². The van der Waals surface area contributed by atoms with Gasteiger partial charge in [-0.3, -0.25) is 9.59 Å². The molecule has 0 aromatic heterocycles. The van der Waals surface area contributed by atoms with Crippen LogP contribution in [0.1, 0.15) is 65.7 Å². The summed E-state index contributed by atoms with van der Waals surface area (Å²) in [5.41, 5.74) is -1.33. The first kappa shape index (κ1) is 18.5. The zero-order valence-corrected chi connectivity index (χ0v) is 13.8. The monoisotopic (exact) mass is 312 g/mol. The van der Waals surface area contributed by atoms with Gasteiger partial charge in [-0.1, -0.05) is 46.5 Å². The van der Waals surface area contributed by atoms with Crippen molar-refractivity contribution in [3.8, 4) is 0 Å². The zero-order chi connectivity index (χ0) is 16.8. The first-order valence-electron chi connectivity index (χ1n) is 7.96. The maximum absolute atomic E-state index is 12.0. The molecule has 0 aromatic rings. The standard InChI is InChI=1S/C16H28N2O4/c1-15(2,3)10-12(19)17-11-13(20)18-16(14(21)22)8-6-4-5-7-9-16/h4-11H2,1-3H3,(H,17,19)(H,18,20)(H,21,22). The Kier molecular flexibility index (Phi) is 6.38. The highest BCUT2D eigenvalue weighted by Crippen LogP contribution is 2.27. The fourth-order valence-electron chi connectivity index (χ4n) is 2.76. The quantitative estimate of drug-likeness (QED) is 0.675. The van der Waals surface area contributed by atoms with Gasteiger partial charge >= 0.3 is 5.97 Å². The van der Waals surface area contributed by atoms with Crippen molar-refractivity contribution < 1.29 is 19.5 Å². The minimum absolute atomic E-state index is 0.149. The molecule has 22 heavy (non-hydrogen) atoms. The van der Waals surface area contributed by atoms with Crippen molar-refractivity contribution in [2.45, 2.75) is 71.3 Å². The van der Waals surface area contributed by atoms with E-state index in [1.54, 1.807) is 0 Å². The molecular weight excluding hydrogens is 284 g/mol. The van der Waals surface area contributed by atoms with E-state index in [0.717, 1.165) is 25.7 Å². The van der Waals surface area contributed by atoms with Crippen LogP contribution in [0.15, 0.2) is 0 Å². The van der Waals surface area contributed by atoms with E-state index in [1.807, 2.05) is 20.8 Å². The number of rotatable bonds is 5. The lowest BCUT2D eigenvalue weighted by Crippen LogP contribution is -2.56. The highest BCUT2D eigenvalue weighted by Gasteiger charge is 2.39. The molecule has 6 nitrogen and oxygen atoms in total. The Morgan fingerprint density at radius 2 is 1.55 bits per heavy atom. The summed E-state index contributed by atoms with van der Waals surface area (Å²) in [6, 6.07) is 0. The zero-order valence-electron chi connectivity index (χ0n) is 13.8. The van der Waals surface area contributed by atoms with Crippen LogP contribution in [0.2, 0.25) is 0 Å². The molecule has 1 fully saturated rings. The van der Waals surface area contributed by atoms with Crippen molar-refractivity contribution in [3.05, 3.63) is 0 Å². The molecule has 2 amide bonds. The summed E-state index contributed by atoms with van der Waals surface area (Å²) >= 11 is 0. The first-order chi connectivity index (χ1) is 10.1. The summed E-state index contributed by atoms with van der Waals surface area (Å²) in [7, 11) is 0. The molecule has 3 N–H and O–H groups in total. The lowest BCUT2D eigenvalue weighted by molar-refractivity contribution is -0.148. The average molecular weight is 312 g/mol. The molecule has 0 unspecified atom stereocenters. The molecular formula is C16H28N2O4. The lowest BCUT2D eigenvalue weighted by atomic mass is 9.90. The third-order valence-electron chi connectivity index (χ3n) is 3.88. The van der Waals surface area contributed by atoms with Gasteiger partial charge in [-0.15, -0.1) is 0 Å². The van der Waals surface area contributed by atoms with Crippen molar-refractivity contribution >= 4 is 17.8 Å². The maximum atomic E-state index is 12.0. The number of carbonyl (C=O) groups is 3. The van der Waals surface area contributed by atoms with Crippen LogP contribution < -0.4 is 10.6 Å². The molecule has 6 heteroatoms. The van der Waals surface area contributed by atoms with Crippen LogP contribution in [0.3, 0.4) is 0 Å². The van der Waals surface area contributed by atoms with Gasteiger partial charge in [-0.05, 0) is 18.3 Å². The molecule has 0 aromatic carbocycles. The predicted octanol–water partition coefficient (Wildman–Crippen LogP) is 1.83. The molecule has 0 aliphatic heterocycles. The van der Waals surface area contributed by atoms with Gasteiger partial charge in [0, 0.05) is 6.42 Å². The fourth-order valence-corrected chi connectivity index (χ4v) is 2.76. The van der Waals surface area contributed by atoms with Crippen LogP contribution >= 0.6 is 0 Å². The second-order valence-electron chi connectivity index (χ2n) is 7.36. The number of carboxylic acid groups (broad SMARTS) is 1. The van der Waals surface area contributed by atoms with Crippen LogP contribution in [0.25, 0.3) is 0 Å². The van der Waals surface area contributed by atoms with E-state index in [4.69, 9.17) is 0 Å².